The fourth-order valence-corrected chi connectivity index (χ4v) is 3.15. The lowest BCUT2D eigenvalue weighted by molar-refractivity contribution is -0.134. The van der Waals surface area contributed by atoms with Crippen LogP contribution in [0.25, 0.3) is 0 Å². The zero-order valence-electron chi connectivity index (χ0n) is 10.3. The highest BCUT2D eigenvalue weighted by atomic mass is 32.1. The highest BCUT2D eigenvalue weighted by molar-refractivity contribution is 7.07. The van der Waals surface area contributed by atoms with Gasteiger partial charge in [-0.1, -0.05) is 0 Å². The summed E-state index contributed by atoms with van der Waals surface area (Å²) >= 11 is 1.64. The molecule has 4 heteroatoms. The van der Waals surface area contributed by atoms with Crippen molar-refractivity contribution in [1.29, 1.82) is 0 Å². The normalized spacial score (nSPS) is 22.5. The molecule has 0 unspecified atom stereocenters. The highest BCUT2D eigenvalue weighted by Gasteiger charge is 2.28. The molecule has 0 aliphatic carbocycles. The second kappa shape index (κ2) is 5.65. The van der Waals surface area contributed by atoms with Gasteiger partial charge in [0.2, 0.25) is 5.91 Å². The summed E-state index contributed by atoms with van der Waals surface area (Å²) in [5.74, 6) is 0.227. The zero-order valence-corrected chi connectivity index (χ0v) is 11.1. The van der Waals surface area contributed by atoms with Gasteiger partial charge in [0, 0.05) is 18.6 Å². The number of thiophene rings is 1. The van der Waals surface area contributed by atoms with Gasteiger partial charge in [-0.05, 0) is 48.6 Å². The number of carbonyl (C=O) groups excluding carboxylic acids is 1. The van der Waals surface area contributed by atoms with E-state index in [9.17, 15) is 4.79 Å². The van der Waals surface area contributed by atoms with Crippen molar-refractivity contribution < 1.29 is 4.79 Å². The van der Waals surface area contributed by atoms with Crippen molar-refractivity contribution in [2.75, 3.05) is 6.54 Å². The molecule has 0 spiro atoms. The predicted molar refractivity (Wildman–Crippen MR) is 71.0 cm³/mol. The second-order valence-corrected chi connectivity index (χ2v) is 5.60. The maximum Gasteiger partial charge on any atom is 0.227 e. The highest BCUT2D eigenvalue weighted by Crippen LogP contribution is 2.20. The van der Waals surface area contributed by atoms with Crippen LogP contribution in [0.5, 0.6) is 0 Å². The SMILES string of the molecule is C[C@H](N)[C@@H]1CCCCN1C(=O)Cc1ccsc1. The lowest BCUT2D eigenvalue weighted by atomic mass is 9.96. The molecule has 1 aromatic heterocycles. The van der Waals surface area contributed by atoms with Crippen molar-refractivity contribution in [1.82, 2.24) is 4.90 Å². The molecule has 0 radical (unpaired) electrons. The molecule has 0 saturated carbocycles. The van der Waals surface area contributed by atoms with Crippen LogP contribution in [0.1, 0.15) is 31.7 Å². The Balaban J connectivity index is 2.01. The van der Waals surface area contributed by atoms with E-state index >= 15 is 0 Å². The first-order valence-electron chi connectivity index (χ1n) is 6.24. The molecule has 1 aliphatic heterocycles. The average molecular weight is 252 g/mol. The van der Waals surface area contributed by atoms with Crippen LogP contribution in [0.15, 0.2) is 16.8 Å². The van der Waals surface area contributed by atoms with Gasteiger partial charge < -0.3 is 10.6 Å². The van der Waals surface area contributed by atoms with Crippen LogP contribution < -0.4 is 5.73 Å². The van der Waals surface area contributed by atoms with Crippen molar-refractivity contribution in [2.24, 2.45) is 5.73 Å². The van der Waals surface area contributed by atoms with E-state index in [1.54, 1.807) is 11.3 Å². The maximum absolute atomic E-state index is 12.3. The zero-order chi connectivity index (χ0) is 12.3. The van der Waals surface area contributed by atoms with Crippen LogP contribution in [0, 0.1) is 0 Å². The number of amides is 1. The molecule has 3 nitrogen and oxygen atoms in total. The van der Waals surface area contributed by atoms with E-state index in [1.165, 1.54) is 6.42 Å². The van der Waals surface area contributed by atoms with E-state index in [-0.39, 0.29) is 18.0 Å². The first-order valence-corrected chi connectivity index (χ1v) is 7.19. The summed E-state index contributed by atoms with van der Waals surface area (Å²) in [4.78, 5) is 14.2. The van der Waals surface area contributed by atoms with Gasteiger partial charge in [-0.15, -0.1) is 0 Å². The van der Waals surface area contributed by atoms with Crippen LogP contribution in [0.4, 0.5) is 0 Å². The summed E-state index contributed by atoms with van der Waals surface area (Å²) in [6.07, 6.45) is 3.87. The van der Waals surface area contributed by atoms with Crippen LogP contribution in [0.2, 0.25) is 0 Å². The molecule has 1 aliphatic rings. The molecule has 1 saturated heterocycles. The van der Waals surface area contributed by atoms with E-state index in [0.717, 1.165) is 24.9 Å². The fourth-order valence-electron chi connectivity index (χ4n) is 2.48. The standard InChI is InChI=1S/C13H20N2OS/c1-10(14)12-4-2-3-6-15(12)13(16)8-11-5-7-17-9-11/h5,7,9-10,12H,2-4,6,8,14H2,1H3/t10-,12-/m0/s1. The van der Waals surface area contributed by atoms with Crippen LogP contribution >= 0.6 is 11.3 Å². The van der Waals surface area contributed by atoms with E-state index in [1.807, 2.05) is 28.7 Å². The Morgan fingerprint density at radius 3 is 3.12 bits per heavy atom. The average Bonchev–Trinajstić information content (AvgIpc) is 2.81. The number of nitrogens with two attached hydrogens (primary N) is 1. The Kier molecular flexibility index (Phi) is 4.18. The van der Waals surface area contributed by atoms with Crippen molar-refractivity contribution in [3.63, 3.8) is 0 Å². The summed E-state index contributed by atoms with van der Waals surface area (Å²) in [5, 5.41) is 4.06. The summed E-state index contributed by atoms with van der Waals surface area (Å²) in [7, 11) is 0. The van der Waals surface area contributed by atoms with Crippen molar-refractivity contribution in [3.8, 4) is 0 Å². The molecule has 2 heterocycles. The summed E-state index contributed by atoms with van der Waals surface area (Å²) in [6.45, 7) is 2.87. The number of carbonyl (C=O) groups is 1. The van der Waals surface area contributed by atoms with E-state index in [4.69, 9.17) is 5.73 Å². The lowest BCUT2D eigenvalue weighted by Crippen LogP contribution is -2.52. The molecule has 0 aromatic carbocycles. The van der Waals surface area contributed by atoms with E-state index in [2.05, 4.69) is 0 Å². The molecule has 0 bridgehead atoms. The molecular formula is C13H20N2OS. The molecular weight excluding hydrogens is 232 g/mol. The molecule has 94 valence electrons. The van der Waals surface area contributed by atoms with Crippen molar-refractivity contribution in [3.05, 3.63) is 22.4 Å². The third-order valence-corrected chi connectivity index (χ3v) is 4.14. The second-order valence-electron chi connectivity index (χ2n) is 4.82. The Bertz CT molecular complexity index is 362. The topological polar surface area (TPSA) is 46.3 Å². The van der Waals surface area contributed by atoms with Gasteiger partial charge in [0.25, 0.3) is 0 Å². The monoisotopic (exact) mass is 252 g/mol. The van der Waals surface area contributed by atoms with Gasteiger partial charge >= 0.3 is 0 Å². The Morgan fingerprint density at radius 1 is 1.65 bits per heavy atom. The first kappa shape index (κ1) is 12.6. The van der Waals surface area contributed by atoms with Crippen molar-refractivity contribution >= 4 is 17.2 Å². The number of nitrogens with zero attached hydrogens (tertiary/aromatic N) is 1. The molecule has 1 fully saturated rings. The van der Waals surface area contributed by atoms with E-state index in [0.29, 0.717) is 6.42 Å². The van der Waals surface area contributed by atoms with Gasteiger partial charge in [0.05, 0.1) is 6.42 Å². The molecule has 2 N–H and O–H groups in total. The minimum atomic E-state index is 0.0710. The van der Waals surface area contributed by atoms with Crippen molar-refractivity contribution in [2.45, 2.75) is 44.7 Å². The van der Waals surface area contributed by atoms with Crippen LogP contribution in [-0.2, 0) is 11.2 Å². The summed E-state index contributed by atoms with van der Waals surface area (Å²) < 4.78 is 0. The lowest BCUT2D eigenvalue weighted by Gasteiger charge is -2.38. The Hall–Kier alpha value is -0.870. The minimum Gasteiger partial charge on any atom is -0.338 e. The van der Waals surface area contributed by atoms with Gasteiger partial charge in [0.1, 0.15) is 0 Å². The molecule has 2 atom stereocenters. The quantitative estimate of drug-likeness (QED) is 0.894. The minimum absolute atomic E-state index is 0.0710. The Labute approximate surface area is 107 Å². The number of likely N-dealkylation sites (tertiary alicyclic amines) is 1. The van der Waals surface area contributed by atoms with Gasteiger partial charge in [-0.3, -0.25) is 4.79 Å². The molecule has 17 heavy (non-hydrogen) atoms. The fraction of sp³-hybridized carbons (Fsp3) is 0.615. The number of piperidine rings is 1. The van der Waals surface area contributed by atoms with Gasteiger partial charge in [-0.2, -0.15) is 11.3 Å². The smallest absolute Gasteiger partial charge is 0.227 e. The predicted octanol–water partition coefficient (Wildman–Crippen LogP) is 2.02. The Morgan fingerprint density at radius 2 is 2.47 bits per heavy atom. The third kappa shape index (κ3) is 3.07. The largest absolute Gasteiger partial charge is 0.338 e. The maximum atomic E-state index is 12.3. The number of rotatable bonds is 3. The molecule has 1 amide bonds. The van der Waals surface area contributed by atoms with Crippen LogP contribution in [-0.4, -0.2) is 29.4 Å². The van der Waals surface area contributed by atoms with Gasteiger partial charge in [-0.25, -0.2) is 0 Å². The summed E-state index contributed by atoms with van der Waals surface area (Å²) in [6, 6.07) is 2.32. The molecule has 2 rings (SSSR count). The third-order valence-electron chi connectivity index (χ3n) is 3.41. The van der Waals surface area contributed by atoms with Crippen LogP contribution in [0.3, 0.4) is 0 Å². The van der Waals surface area contributed by atoms with E-state index < -0.39 is 0 Å². The first-order chi connectivity index (χ1) is 8.18. The number of hydrogen-bond acceptors (Lipinski definition) is 3. The number of hydrogen-bond donors (Lipinski definition) is 1. The molecule has 1 aromatic rings. The summed E-state index contributed by atoms with van der Waals surface area (Å²) in [5.41, 5.74) is 7.10. The van der Waals surface area contributed by atoms with Gasteiger partial charge in [0.15, 0.2) is 0 Å².